The van der Waals surface area contributed by atoms with Crippen LogP contribution in [0.4, 0.5) is 4.79 Å². The van der Waals surface area contributed by atoms with Crippen molar-refractivity contribution in [2.75, 3.05) is 32.8 Å². The second kappa shape index (κ2) is 8.46. The summed E-state index contributed by atoms with van der Waals surface area (Å²) in [7, 11) is 0. The molecular weight excluding hydrogens is 278 g/mol. The quantitative estimate of drug-likeness (QED) is 0.515. The van der Waals surface area contributed by atoms with Crippen LogP contribution in [-0.2, 0) is 14.3 Å². The number of hydrogen-bond donors (Lipinski definition) is 4. The summed E-state index contributed by atoms with van der Waals surface area (Å²) in [5.41, 5.74) is -0.963. The number of ether oxygens (including phenoxy) is 1. The molecule has 0 aromatic heterocycles. The van der Waals surface area contributed by atoms with Crippen LogP contribution in [0.15, 0.2) is 0 Å². The van der Waals surface area contributed by atoms with E-state index in [1.54, 1.807) is 0 Å². The van der Waals surface area contributed by atoms with Crippen LogP contribution in [0.2, 0.25) is 0 Å². The lowest BCUT2D eigenvalue weighted by Gasteiger charge is -2.33. The van der Waals surface area contributed by atoms with Crippen molar-refractivity contribution in [3.8, 4) is 0 Å². The van der Waals surface area contributed by atoms with Gasteiger partial charge in [0.15, 0.2) is 0 Å². The first kappa shape index (κ1) is 17.2. The van der Waals surface area contributed by atoms with E-state index in [1.165, 1.54) is 0 Å². The van der Waals surface area contributed by atoms with Gasteiger partial charge >= 0.3 is 12.0 Å². The van der Waals surface area contributed by atoms with Crippen molar-refractivity contribution in [1.82, 2.24) is 16.0 Å². The lowest BCUT2D eigenvalue weighted by Crippen LogP contribution is -2.49. The SMILES string of the molecule is CCNC(=O)CCNC(=O)NCC1(C(=O)O)CCOCC1. The maximum absolute atomic E-state index is 11.6. The number of carbonyl (C=O) groups excluding carboxylic acids is 2. The van der Waals surface area contributed by atoms with E-state index >= 15 is 0 Å². The molecule has 1 aliphatic heterocycles. The Balaban J connectivity index is 2.30. The van der Waals surface area contributed by atoms with E-state index in [2.05, 4.69) is 16.0 Å². The Morgan fingerprint density at radius 3 is 2.38 bits per heavy atom. The van der Waals surface area contributed by atoms with Gasteiger partial charge in [0.25, 0.3) is 0 Å². The van der Waals surface area contributed by atoms with Crippen molar-refractivity contribution < 1.29 is 24.2 Å². The molecule has 0 aromatic rings. The number of urea groups is 1. The summed E-state index contributed by atoms with van der Waals surface area (Å²) < 4.78 is 5.16. The van der Waals surface area contributed by atoms with Gasteiger partial charge in [0.2, 0.25) is 5.91 Å². The van der Waals surface area contributed by atoms with E-state index in [1.807, 2.05) is 6.92 Å². The van der Waals surface area contributed by atoms with Crippen LogP contribution in [0.5, 0.6) is 0 Å². The zero-order valence-electron chi connectivity index (χ0n) is 12.2. The summed E-state index contributed by atoms with van der Waals surface area (Å²) in [5.74, 6) is -1.06. The van der Waals surface area contributed by atoms with Crippen LogP contribution < -0.4 is 16.0 Å². The molecule has 0 aromatic carbocycles. The molecule has 1 fully saturated rings. The standard InChI is InChI=1S/C13H23N3O5/c1-2-14-10(17)3-6-15-12(20)16-9-13(11(18)19)4-7-21-8-5-13/h2-9H2,1H3,(H,14,17)(H,18,19)(H2,15,16,20). The molecule has 3 amide bonds. The predicted molar refractivity (Wildman–Crippen MR) is 74.8 cm³/mol. The highest BCUT2D eigenvalue weighted by molar-refractivity contribution is 5.79. The Kier molecular flexibility index (Phi) is 6.93. The normalized spacial score (nSPS) is 16.8. The molecule has 8 nitrogen and oxygen atoms in total. The molecule has 1 rings (SSSR count). The van der Waals surface area contributed by atoms with Gasteiger partial charge in [-0.05, 0) is 19.8 Å². The van der Waals surface area contributed by atoms with Crippen LogP contribution >= 0.6 is 0 Å². The van der Waals surface area contributed by atoms with Gasteiger partial charge in [-0.15, -0.1) is 0 Å². The van der Waals surface area contributed by atoms with Crippen molar-refractivity contribution in [1.29, 1.82) is 0 Å². The summed E-state index contributed by atoms with van der Waals surface area (Å²) in [6.45, 7) is 3.39. The van der Waals surface area contributed by atoms with E-state index in [0.29, 0.717) is 32.6 Å². The van der Waals surface area contributed by atoms with Gasteiger partial charge in [-0.1, -0.05) is 0 Å². The van der Waals surface area contributed by atoms with Gasteiger partial charge < -0.3 is 25.8 Å². The van der Waals surface area contributed by atoms with Gasteiger partial charge in [-0.2, -0.15) is 0 Å². The molecule has 0 aliphatic carbocycles. The van der Waals surface area contributed by atoms with Gasteiger partial charge in [0.05, 0.1) is 5.41 Å². The van der Waals surface area contributed by atoms with Gasteiger partial charge in [0, 0.05) is 39.3 Å². The summed E-state index contributed by atoms with van der Waals surface area (Å²) in [6.07, 6.45) is 0.947. The molecular formula is C13H23N3O5. The summed E-state index contributed by atoms with van der Waals surface area (Å²) in [6, 6.07) is -0.466. The van der Waals surface area contributed by atoms with Crippen molar-refractivity contribution in [3.63, 3.8) is 0 Å². The minimum absolute atomic E-state index is 0.0542. The maximum Gasteiger partial charge on any atom is 0.314 e. The van der Waals surface area contributed by atoms with Crippen molar-refractivity contribution in [2.24, 2.45) is 5.41 Å². The van der Waals surface area contributed by atoms with Crippen LogP contribution in [0.1, 0.15) is 26.2 Å². The maximum atomic E-state index is 11.6. The smallest absolute Gasteiger partial charge is 0.314 e. The molecule has 8 heteroatoms. The number of carboxylic acid groups (broad SMARTS) is 1. The molecule has 0 bridgehead atoms. The Bertz CT molecular complexity index is 380. The lowest BCUT2D eigenvalue weighted by molar-refractivity contribution is -0.154. The highest BCUT2D eigenvalue weighted by atomic mass is 16.5. The largest absolute Gasteiger partial charge is 0.481 e. The molecule has 120 valence electrons. The Morgan fingerprint density at radius 1 is 1.14 bits per heavy atom. The average Bonchev–Trinajstić information content (AvgIpc) is 2.46. The number of carboxylic acids is 1. The van der Waals surface area contributed by atoms with E-state index in [-0.39, 0.29) is 25.4 Å². The second-order valence-corrected chi connectivity index (χ2v) is 5.01. The third-order valence-electron chi connectivity index (χ3n) is 3.50. The van der Waals surface area contributed by atoms with Crippen LogP contribution in [-0.4, -0.2) is 55.9 Å². The first-order valence-corrected chi connectivity index (χ1v) is 7.10. The highest BCUT2D eigenvalue weighted by Gasteiger charge is 2.40. The fraction of sp³-hybridized carbons (Fsp3) is 0.769. The number of aliphatic carboxylic acids is 1. The zero-order valence-corrected chi connectivity index (χ0v) is 12.2. The molecule has 21 heavy (non-hydrogen) atoms. The number of nitrogens with one attached hydrogen (secondary N) is 3. The van der Waals surface area contributed by atoms with Crippen LogP contribution in [0.3, 0.4) is 0 Å². The summed E-state index contributed by atoms with van der Waals surface area (Å²) in [4.78, 5) is 34.2. The van der Waals surface area contributed by atoms with Gasteiger partial charge in [-0.3, -0.25) is 9.59 Å². The first-order chi connectivity index (χ1) is 10.00. The lowest BCUT2D eigenvalue weighted by atomic mass is 9.80. The summed E-state index contributed by atoms with van der Waals surface area (Å²) in [5, 5.41) is 17.0. The van der Waals surface area contributed by atoms with Crippen LogP contribution in [0.25, 0.3) is 0 Å². The first-order valence-electron chi connectivity index (χ1n) is 7.10. The molecule has 1 aliphatic rings. The molecule has 1 heterocycles. The van der Waals surface area contributed by atoms with E-state index < -0.39 is 17.4 Å². The van der Waals surface area contributed by atoms with Crippen molar-refractivity contribution in [2.45, 2.75) is 26.2 Å². The van der Waals surface area contributed by atoms with E-state index in [0.717, 1.165) is 0 Å². The third kappa shape index (κ3) is 5.58. The monoisotopic (exact) mass is 301 g/mol. The van der Waals surface area contributed by atoms with Gasteiger partial charge in [0.1, 0.15) is 0 Å². The molecule has 0 spiro atoms. The van der Waals surface area contributed by atoms with Gasteiger partial charge in [-0.25, -0.2) is 4.79 Å². The average molecular weight is 301 g/mol. The van der Waals surface area contributed by atoms with E-state index in [9.17, 15) is 19.5 Å². The molecule has 1 saturated heterocycles. The van der Waals surface area contributed by atoms with Crippen molar-refractivity contribution >= 4 is 17.9 Å². The Hall–Kier alpha value is -1.83. The number of rotatable bonds is 7. The number of hydrogen-bond acceptors (Lipinski definition) is 4. The fourth-order valence-electron chi connectivity index (χ4n) is 2.12. The van der Waals surface area contributed by atoms with Crippen molar-refractivity contribution in [3.05, 3.63) is 0 Å². The topological polar surface area (TPSA) is 117 Å². The number of carbonyl (C=O) groups is 3. The summed E-state index contributed by atoms with van der Waals surface area (Å²) >= 11 is 0. The van der Waals surface area contributed by atoms with Crippen LogP contribution in [0, 0.1) is 5.41 Å². The predicted octanol–water partition coefficient (Wildman–Crippen LogP) is -0.307. The molecule has 0 saturated carbocycles. The molecule has 0 atom stereocenters. The molecule has 0 radical (unpaired) electrons. The minimum Gasteiger partial charge on any atom is -0.481 e. The second-order valence-electron chi connectivity index (χ2n) is 5.01. The highest BCUT2D eigenvalue weighted by Crippen LogP contribution is 2.29. The Morgan fingerprint density at radius 2 is 1.81 bits per heavy atom. The molecule has 0 unspecified atom stereocenters. The third-order valence-corrected chi connectivity index (χ3v) is 3.50. The molecule has 4 N–H and O–H groups in total. The number of amides is 3. The zero-order chi connectivity index (χ0) is 15.7. The Labute approximate surface area is 123 Å². The van der Waals surface area contributed by atoms with E-state index in [4.69, 9.17) is 4.74 Å². The minimum atomic E-state index is -0.963. The fourth-order valence-corrected chi connectivity index (χ4v) is 2.12.